The van der Waals surface area contributed by atoms with Gasteiger partial charge in [0, 0.05) is 10.4 Å². The summed E-state index contributed by atoms with van der Waals surface area (Å²) in [5.41, 5.74) is -2.31. The van der Waals surface area contributed by atoms with Crippen molar-refractivity contribution in [2.45, 2.75) is 25.7 Å². The van der Waals surface area contributed by atoms with E-state index in [1.165, 1.54) is 11.3 Å². The molecule has 0 aliphatic carbocycles. The van der Waals surface area contributed by atoms with E-state index in [1.807, 2.05) is 18.4 Å². The van der Waals surface area contributed by atoms with Gasteiger partial charge in [0.15, 0.2) is 5.41 Å². The molecule has 4 atom stereocenters. The number of nitrogens with zero attached hydrogens (tertiary/aromatic N) is 3. The SMILES string of the molecule is COc1ccc(C23OC(=N)C(C#N)(C2C)C(C#N)(C#N)C(c2sccc2C)O3)cc1. The summed E-state index contributed by atoms with van der Waals surface area (Å²) in [5, 5.41) is 41.1. The molecule has 2 fully saturated rings. The van der Waals surface area contributed by atoms with Gasteiger partial charge in [-0.3, -0.25) is 5.41 Å². The Hall–Kier alpha value is -3.38. The van der Waals surface area contributed by atoms with Gasteiger partial charge >= 0.3 is 0 Å². The Kier molecular flexibility index (Phi) is 4.36. The van der Waals surface area contributed by atoms with Crippen molar-refractivity contribution in [1.29, 1.82) is 21.2 Å². The fourth-order valence-corrected chi connectivity index (χ4v) is 5.60. The molecule has 30 heavy (non-hydrogen) atoms. The zero-order valence-corrected chi connectivity index (χ0v) is 17.4. The molecule has 2 aliphatic heterocycles. The normalized spacial score (nSPS) is 31.1. The highest BCUT2D eigenvalue weighted by Gasteiger charge is 2.80. The molecule has 0 spiro atoms. The molecule has 1 aromatic carbocycles. The van der Waals surface area contributed by atoms with Crippen LogP contribution >= 0.6 is 11.3 Å². The zero-order valence-electron chi connectivity index (χ0n) is 16.6. The van der Waals surface area contributed by atoms with Crippen LogP contribution in [0.1, 0.15) is 29.0 Å². The van der Waals surface area contributed by atoms with Crippen molar-refractivity contribution in [2.24, 2.45) is 16.7 Å². The van der Waals surface area contributed by atoms with Crippen LogP contribution in [0.5, 0.6) is 5.75 Å². The van der Waals surface area contributed by atoms with Gasteiger partial charge in [-0.1, -0.05) is 6.92 Å². The maximum atomic E-state index is 10.3. The Labute approximate surface area is 178 Å². The Morgan fingerprint density at radius 2 is 1.77 bits per heavy atom. The van der Waals surface area contributed by atoms with E-state index in [4.69, 9.17) is 19.6 Å². The number of ether oxygens (including phenoxy) is 3. The highest BCUT2D eigenvalue weighted by atomic mass is 32.1. The van der Waals surface area contributed by atoms with Crippen molar-refractivity contribution < 1.29 is 14.2 Å². The van der Waals surface area contributed by atoms with E-state index in [0.717, 1.165) is 5.56 Å². The zero-order chi connectivity index (χ0) is 21.7. The van der Waals surface area contributed by atoms with Gasteiger partial charge < -0.3 is 14.2 Å². The summed E-state index contributed by atoms with van der Waals surface area (Å²) < 4.78 is 17.7. The lowest BCUT2D eigenvalue weighted by Gasteiger charge is -2.48. The molecule has 2 saturated heterocycles. The number of aryl methyl sites for hydroxylation is 1. The van der Waals surface area contributed by atoms with Crippen LogP contribution in [0.3, 0.4) is 0 Å². The van der Waals surface area contributed by atoms with Crippen LogP contribution in [-0.2, 0) is 15.3 Å². The molecule has 0 radical (unpaired) electrons. The first-order valence-corrected chi connectivity index (χ1v) is 10.1. The fraction of sp³-hybridized carbons (Fsp3) is 0.364. The van der Waals surface area contributed by atoms with Crippen LogP contribution in [0.2, 0.25) is 0 Å². The third-order valence-electron chi connectivity index (χ3n) is 6.30. The van der Waals surface area contributed by atoms with Gasteiger partial charge in [0.2, 0.25) is 17.1 Å². The number of hydrogen-bond acceptors (Lipinski definition) is 8. The largest absolute Gasteiger partial charge is 0.497 e. The van der Waals surface area contributed by atoms with Crippen molar-refractivity contribution in [3.05, 3.63) is 51.7 Å². The van der Waals surface area contributed by atoms with Gasteiger partial charge in [-0.05, 0) is 48.2 Å². The lowest BCUT2D eigenvalue weighted by atomic mass is 9.54. The molecular weight excluding hydrogens is 400 g/mol. The quantitative estimate of drug-likeness (QED) is 0.798. The minimum absolute atomic E-state index is 0.423. The van der Waals surface area contributed by atoms with E-state index in [0.29, 0.717) is 16.2 Å². The molecular formula is C22H18N4O3S. The number of rotatable bonds is 3. The Bertz CT molecular complexity index is 1140. The Morgan fingerprint density at radius 3 is 2.27 bits per heavy atom. The molecule has 8 heteroatoms. The molecule has 0 saturated carbocycles. The molecule has 1 N–H and O–H groups in total. The summed E-state index contributed by atoms with van der Waals surface area (Å²) in [6.07, 6.45) is -1.06. The summed E-state index contributed by atoms with van der Waals surface area (Å²) in [7, 11) is 1.55. The lowest BCUT2D eigenvalue weighted by Crippen LogP contribution is -2.57. The van der Waals surface area contributed by atoms with Crippen LogP contribution in [0, 0.1) is 63.1 Å². The topological polar surface area (TPSA) is 123 Å². The monoisotopic (exact) mass is 418 g/mol. The Balaban J connectivity index is 2.02. The van der Waals surface area contributed by atoms with Crippen molar-refractivity contribution in [1.82, 2.24) is 0 Å². The van der Waals surface area contributed by atoms with Crippen molar-refractivity contribution in [3.63, 3.8) is 0 Å². The minimum Gasteiger partial charge on any atom is -0.497 e. The number of thiophene rings is 1. The molecule has 4 rings (SSSR count). The van der Waals surface area contributed by atoms with Crippen LogP contribution in [0.4, 0.5) is 0 Å². The number of nitriles is 3. The first kappa shape index (κ1) is 19.9. The molecule has 2 aliphatic rings. The minimum atomic E-state index is -1.94. The van der Waals surface area contributed by atoms with Crippen LogP contribution < -0.4 is 4.74 Å². The number of nitrogens with one attached hydrogen (secondary N) is 1. The summed E-state index contributed by atoms with van der Waals surface area (Å²) in [6, 6.07) is 15.1. The van der Waals surface area contributed by atoms with Gasteiger partial charge in [0.05, 0.1) is 31.2 Å². The molecule has 2 bridgehead atoms. The van der Waals surface area contributed by atoms with Crippen LogP contribution in [-0.4, -0.2) is 13.0 Å². The van der Waals surface area contributed by atoms with Gasteiger partial charge in [-0.15, -0.1) is 11.3 Å². The summed E-state index contributed by atoms with van der Waals surface area (Å²) in [4.78, 5) is 0.667. The second kappa shape index (κ2) is 6.57. The summed E-state index contributed by atoms with van der Waals surface area (Å²) in [6.45, 7) is 3.55. The van der Waals surface area contributed by atoms with Crippen molar-refractivity contribution >= 4 is 17.2 Å². The van der Waals surface area contributed by atoms with Crippen molar-refractivity contribution in [3.8, 4) is 24.0 Å². The standard InChI is InChI=1S/C22H18N4O3S/c1-13-8-9-30-17(13)18-20(10-23,11-24)21(12-25)14(2)22(28-18,29-19(21)26)15-4-6-16(27-3)7-5-15/h4-9,14,18,26H,1-3H3. The van der Waals surface area contributed by atoms with E-state index >= 15 is 0 Å². The first-order chi connectivity index (χ1) is 14.4. The first-order valence-electron chi connectivity index (χ1n) is 9.25. The predicted molar refractivity (Wildman–Crippen MR) is 107 cm³/mol. The number of fused-ring (bicyclic) bond motifs is 2. The molecule has 1 aromatic heterocycles. The number of hydrogen-bond donors (Lipinski definition) is 1. The molecule has 7 nitrogen and oxygen atoms in total. The third kappa shape index (κ3) is 2.11. The van der Waals surface area contributed by atoms with Gasteiger partial charge in [0.1, 0.15) is 11.9 Å². The summed E-state index contributed by atoms with van der Waals surface area (Å²) >= 11 is 1.35. The molecule has 3 heterocycles. The van der Waals surface area contributed by atoms with E-state index in [1.54, 1.807) is 38.3 Å². The highest BCUT2D eigenvalue weighted by Crippen LogP contribution is 2.69. The second-order valence-corrected chi connectivity index (χ2v) is 8.41. The number of benzene rings is 1. The molecule has 150 valence electrons. The van der Waals surface area contributed by atoms with Gasteiger partial charge in [0.25, 0.3) is 0 Å². The fourth-order valence-electron chi connectivity index (χ4n) is 4.58. The smallest absolute Gasteiger partial charge is 0.244 e. The van der Waals surface area contributed by atoms with E-state index in [2.05, 4.69) is 18.2 Å². The van der Waals surface area contributed by atoms with E-state index in [9.17, 15) is 15.8 Å². The maximum Gasteiger partial charge on any atom is 0.244 e. The van der Waals surface area contributed by atoms with Crippen LogP contribution in [0.25, 0.3) is 0 Å². The third-order valence-corrected chi connectivity index (χ3v) is 7.36. The number of methoxy groups -OCH3 is 1. The second-order valence-electron chi connectivity index (χ2n) is 7.47. The average molecular weight is 418 g/mol. The average Bonchev–Trinajstić information content (AvgIpc) is 3.25. The molecule has 4 unspecified atom stereocenters. The van der Waals surface area contributed by atoms with Crippen molar-refractivity contribution in [2.75, 3.05) is 7.11 Å². The lowest BCUT2D eigenvalue weighted by molar-refractivity contribution is -0.288. The molecule has 2 aromatic rings. The predicted octanol–water partition coefficient (Wildman–Crippen LogP) is 4.18. The van der Waals surface area contributed by atoms with Gasteiger partial charge in [-0.2, -0.15) is 15.8 Å². The van der Waals surface area contributed by atoms with Gasteiger partial charge in [-0.25, -0.2) is 0 Å². The highest BCUT2D eigenvalue weighted by molar-refractivity contribution is 7.10. The van der Waals surface area contributed by atoms with E-state index in [-0.39, 0.29) is 0 Å². The van der Waals surface area contributed by atoms with Crippen LogP contribution in [0.15, 0.2) is 35.7 Å². The summed E-state index contributed by atoms with van der Waals surface area (Å²) in [5.74, 6) is -2.07. The van der Waals surface area contributed by atoms with E-state index < -0.39 is 34.5 Å². The molecule has 0 amide bonds. The maximum absolute atomic E-state index is 10.3. The Morgan fingerprint density at radius 1 is 1.10 bits per heavy atom.